The molecular weight excluding hydrogens is 356 g/mol. The Kier molecular flexibility index (Phi) is 4.65. The van der Waals surface area contributed by atoms with Crippen molar-refractivity contribution in [3.8, 4) is 0 Å². The fraction of sp³-hybridized carbons (Fsp3) is 0.474. The van der Waals surface area contributed by atoms with Gasteiger partial charge in [-0.25, -0.2) is 8.78 Å². The summed E-state index contributed by atoms with van der Waals surface area (Å²) in [5, 5.41) is 3.07. The predicted octanol–water partition coefficient (Wildman–Crippen LogP) is 3.77. The molecule has 2 N–H and O–H groups in total. The third kappa shape index (κ3) is 3.20. The molecule has 1 atom stereocenters. The lowest BCUT2D eigenvalue weighted by atomic mass is 9.95. The largest absolute Gasteiger partial charge is 0.353 e. The van der Waals surface area contributed by atoms with E-state index in [4.69, 9.17) is 12.2 Å². The summed E-state index contributed by atoms with van der Waals surface area (Å²) in [6.45, 7) is 0.423. The van der Waals surface area contributed by atoms with E-state index in [1.54, 1.807) is 0 Å². The lowest BCUT2D eigenvalue weighted by Crippen LogP contribution is -2.34. The minimum Gasteiger partial charge on any atom is -0.353 e. The highest BCUT2D eigenvalue weighted by Crippen LogP contribution is 2.34. The Labute approximate surface area is 155 Å². The molecule has 1 aromatic heterocycles. The van der Waals surface area contributed by atoms with Crippen molar-refractivity contribution in [2.24, 2.45) is 0 Å². The lowest BCUT2D eigenvalue weighted by Gasteiger charge is -2.13. The smallest absolute Gasteiger partial charge is 0.226 e. The van der Waals surface area contributed by atoms with E-state index in [9.17, 15) is 13.6 Å². The van der Waals surface area contributed by atoms with Crippen LogP contribution >= 0.6 is 12.2 Å². The number of carbonyl (C=O) groups is 1. The average Bonchev–Trinajstić information content (AvgIpc) is 3.28. The number of nitrogens with one attached hydrogen (secondary N) is 2. The van der Waals surface area contributed by atoms with Crippen molar-refractivity contribution in [3.63, 3.8) is 0 Å². The number of fused-ring (bicyclic) bond motifs is 1. The molecule has 1 amide bonds. The number of aromatic amines is 1. The van der Waals surface area contributed by atoms with Gasteiger partial charge in [0, 0.05) is 35.5 Å². The predicted molar refractivity (Wildman–Crippen MR) is 96.5 cm³/mol. The molecule has 0 bridgehead atoms. The van der Waals surface area contributed by atoms with Gasteiger partial charge in [-0.3, -0.25) is 4.79 Å². The zero-order chi connectivity index (χ0) is 18.3. The SMILES string of the molecule is O=C(Cc1[nH]c(=S)n2c1CC(c1c(F)cccc1F)C2)NC1CCCC1. The number of hydrogen-bond donors (Lipinski definition) is 2. The summed E-state index contributed by atoms with van der Waals surface area (Å²) < 4.78 is 30.6. The van der Waals surface area contributed by atoms with E-state index >= 15 is 0 Å². The van der Waals surface area contributed by atoms with Crippen LogP contribution in [0.5, 0.6) is 0 Å². The highest BCUT2D eigenvalue weighted by atomic mass is 32.1. The zero-order valence-electron chi connectivity index (χ0n) is 14.4. The average molecular weight is 377 g/mol. The van der Waals surface area contributed by atoms with Crippen molar-refractivity contribution in [1.29, 1.82) is 0 Å². The van der Waals surface area contributed by atoms with Gasteiger partial charge in [-0.1, -0.05) is 18.9 Å². The summed E-state index contributed by atoms with van der Waals surface area (Å²) in [6, 6.07) is 4.20. The number of nitrogens with zero attached hydrogens (tertiary/aromatic N) is 1. The number of amides is 1. The molecule has 1 fully saturated rings. The molecule has 1 aliphatic carbocycles. The summed E-state index contributed by atoms with van der Waals surface area (Å²) >= 11 is 5.35. The van der Waals surface area contributed by atoms with Gasteiger partial charge in [0.05, 0.1) is 6.42 Å². The van der Waals surface area contributed by atoms with Gasteiger partial charge in [0.1, 0.15) is 11.6 Å². The summed E-state index contributed by atoms with van der Waals surface area (Å²) in [5.74, 6) is -1.40. The zero-order valence-corrected chi connectivity index (χ0v) is 15.2. The first kappa shape index (κ1) is 17.4. The Balaban J connectivity index is 1.53. The van der Waals surface area contributed by atoms with E-state index in [1.165, 1.54) is 18.2 Å². The van der Waals surface area contributed by atoms with Crippen LogP contribution in [0, 0.1) is 16.4 Å². The third-order valence-electron chi connectivity index (χ3n) is 5.49. The number of imidazole rings is 1. The van der Waals surface area contributed by atoms with Gasteiger partial charge in [0.15, 0.2) is 4.77 Å². The second kappa shape index (κ2) is 6.95. The first-order valence-electron chi connectivity index (χ1n) is 9.06. The van der Waals surface area contributed by atoms with Gasteiger partial charge in [0.2, 0.25) is 5.91 Å². The molecule has 1 saturated carbocycles. The van der Waals surface area contributed by atoms with E-state index in [0.29, 0.717) is 17.7 Å². The van der Waals surface area contributed by atoms with Gasteiger partial charge in [-0.2, -0.15) is 0 Å². The van der Waals surface area contributed by atoms with Gasteiger partial charge in [-0.05, 0) is 43.6 Å². The van der Waals surface area contributed by atoms with Crippen molar-refractivity contribution in [3.05, 3.63) is 51.6 Å². The van der Waals surface area contributed by atoms with Crippen LogP contribution in [0.4, 0.5) is 8.78 Å². The topological polar surface area (TPSA) is 49.8 Å². The highest BCUT2D eigenvalue weighted by molar-refractivity contribution is 7.71. The fourth-order valence-electron chi connectivity index (χ4n) is 4.25. The van der Waals surface area contributed by atoms with E-state index in [-0.39, 0.29) is 29.9 Å². The monoisotopic (exact) mass is 377 g/mol. The molecule has 4 nitrogen and oxygen atoms in total. The molecule has 2 heterocycles. The van der Waals surface area contributed by atoms with Crippen LogP contribution in [0.1, 0.15) is 48.6 Å². The Morgan fingerprint density at radius 2 is 1.96 bits per heavy atom. The maximum Gasteiger partial charge on any atom is 0.226 e. The minimum absolute atomic E-state index is 0.0305. The summed E-state index contributed by atoms with van der Waals surface area (Å²) in [6.07, 6.45) is 5.07. The summed E-state index contributed by atoms with van der Waals surface area (Å²) in [5.41, 5.74) is 1.74. The second-order valence-corrected chi connectivity index (χ2v) is 7.61. The van der Waals surface area contributed by atoms with E-state index < -0.39 is 11.6 Å². The fourth-order valence-corrected chi connectivity index (χ4v) is 4.56. The van der Waals surface area contributed by atoms with Crippen LogP contribution in [-0.2, 0) is 24.2 Å². The molecule has 1 aromatic carbocycles. The number of aromatic nitrogens is 2. The summed E-state index contributed by atoms with van der Waals surface area (Å²) in [4.78, 5) is 15.4. The van der Waals surface area contributed by atoms with Crippen LogP contribution in [0.2, 0.25) is 0 Å². The number of hydrogen-bond acceptors (Lipinski definition) is 2. The molecule has 2 aliphatic rings. The van der Waals surface area contributed by atoms with Gasteiger partial charge < -0.3 is 14.9 Å². The van der Waals surface area contributed by atoms with Crippen LogP contribution < -0.4 is 5.32 Å². The molecule has 2 aromatic rings. The van der Waals surface area contributed by atoms with E-state index in [1.807, 2.05) is 4.57 Å². The normalized spacial score (nSPS) is 19.7. The van der Waals surface area contributed by atoms with Gasteiger partial charge in [-0.15, -0.1) is 0 Å². The van der Waals surface area contributed by atoms with Crippen LogP contribution in [0.25, 0.3) is 0 Å². The molecule has 1 unspecified atom stereocenters. The van der Waals surface area contributed by atoms with Crippen molar-refractivity contribution < 1.29 is 13.6 Å². The Morgan fingerprint density at radius 1 is 1.27 bits per heavy atom. The third-order valence-corrected chi connectivity index (χ3v) is 5.81. The van der Waals surface area contributed by atoms with Crippen molar-refractivity contribution in [1.82, 2.24) is 14.9 Å². The van der Waals surface area contributed by atoms with Crippen LogP contribution in [0.3, 0.4) is 0 Å². The lowest BCUT2D eigenvalue weighted by molar-refractivity contribution is -0.121. The van der Waals surface area contributed by atoms with Crippen LogP contribution in [0.15, 0.2) is 18.2 Å². The standard InChI is InChI=1S/C19H21F2N3OS/c20-13-6-3-7-14(21)18(13)11-8-16-15(23-19(26)24(16)10-11)9-17(25)22-12-4-1-2-5-12/h3,6-7,11-12H,1-2,4-5,8-10H2,(H,22,25)(H,23,26). The Morgan fingerprint density at radius 3 is 2.65 bits per heavy atom. The number of halogens is 2. The minimum atomic E-state index is -0.531. The molecular formula is C19H21F2N3OS. The molecule has 138 valence electrons. The quantitative estimate of drug-likeness (QED) is 0.797. The molecule has 1 aliphatic heterocycles. The van der Waals surface area contributed by atoms with E-state index in [2.05, 4.69) is 10.3 Å². The number of carbonyl (C=O) groups excluding carboxylic acids is 1. The number of benzene rings is 1. The summed E-state index contributed by atoms with van der Waals surface area (Å²) in [7, 11) is 0. The molecule has 0 saturated heterocycles. The maximum absolute atomic E-state index is 14.1. The molecule has 7 heteroatoms. The second-order valence-electron chi connectivity index (χ2n) is 7.23. The Bertz CT molecular complexity index is 878. The number of rotatable bonds is 4. The van der Waals surface area contributed by atoms with Gasteiger partial charge >= 0.3 is 0 Å². The van der Waals surface area contributed by atoms with Gasteiger partial charge in [0.25, 0.3) is 0 Å². The molecule has 0 spiro atoms. The maximum atomic E-state index is 14.1. The van der Waals surface area contributed by atoms with Crippen molar-refractivity contribution in [2.45, 2.75) is 57.0 Å². The highest BCUT2D eigenvalue weighted by Gasteiger charge is 2.31. The van der Waals surface area contributed by atoms with E-state index in [0.717, 1.165) is 37.1 Å². The molecule has 4 rings (SSSR count). The van der Waals surface area contributed by atoms with Crippen molar-refractivity contribution in [2.75, 3.05) is 0 Å². The Hall–Kier alpha value is -2.02. The van der Waals surface area contributed by atoms with Crippen molar-refractivity contribution >= 4 is 18.1 Å². The molecule has 0 radical (unpaired) electrons. The van der Waals surface area contributed by atoms with Crippen LogP contribution in [-0.4, -0.2) is 21.5 Å². The molecule has 26 heavy (non-hydrogen) atoms. The first-order valence-corrected chi connectivity index (χ1v) is 9.47. The first-order chi connectivity index (χ1) is 12.5. The number of H-pyrrole nitrogens is 1.